The second kappa shape index (κ2) is 6.34. The van der Waals surface area contributed by atoms with Crippen molar-refractivity contribution >= 4 is 0 Å². The van der Waals surface area contributed by atoms with Crippen LogP contribution in [-0.2, 0) is 4.74 Å². The first kappa shape index (κ1) is 12.8. The van der Waals surface area contributed by atoms with E-state index in [9.17, 15) is 0 Å². The zero-order valence-corrected chi connectivity index (χ0v) is 10.8. The van der Waals surface area contributed by atoms with Crippen molar-refractivity contribution < 1.29 is 4.74 Å². The number of nitriles is 1. The maximum atomic E-state index is 9.15. The maximum Gasteiger partial charge on any atom is 0.0978 e. The van der Waals surface area contributed by atoms with E-state index in [1.54, 1.807) is 0 Å². The van der Waals surface area contributed by atoms with E-state index in [0.29, 0.717) is 0 Å². The fourth-order valence-electron chi connectivity index (χ4n) is 2.80. The van der Waals surface area contributed by atoms with Gasteiger partial charge in [-0.15, -0.1) is 0 Å². The maximum absolute atomic E-state index is 9.15. The number of likely N-dealkylation sites (N-methyl/N-ethyl adjacent to an activating group) is 1. The van der Waals surface area contributed by atoms with Crippen LogP contribution in [0, 0.1) is 11.3 Å². The van der Waals surface area contributed by atoms with Crippen LogP contribution in [0.2, 0.25) is 0 Å². The minimum Gasteiger partial charge on any atom is -0.374 e. The Kier molecular flexibility index (Phi) is 4.78. The molecule has 0 bridgehead atoms. The second-order valence-corrected chi connectivity index (χ2v) is 5.02. The summed E-state index contributed by atoms with van der Waals surface area (Å²) < 4.78 is 5.81. The van der Waals surface area contributed by atoms with Gasteiger partial charge in [0, 0.05) is 19.6 Å². The van der Waals surface area contributed by atoms with Crippen molar-refractivity contribution in [1.29, 1.82) is 5.26 Å². The molecule has 2 unspecified atom stereocenters. The number of hydrogen-bond donors (Lipinski definition) is 0. The van der Waals surface area contributed by atoms with E-state index >= 15 is 0 Å². The summed E-state index contributed by atoms with van der Waals surface area (Å²) in [6, 6.07) is 2.54. The van der Waals surface area contributed by atoms with Crippen LogP contribution < -0.4 is 0 Å². The molecule has 0 N–H and O–H groups in total. The van der Waals surface area contributed by atoms with Crippen molar-refractivity contribution in [3.05, 3.63) is 0 Å². The highest BCUT2D eigenvalue weighted by Gasteiger charge is 2.27. The molecule has 2 aliphatic heterocycles. The van der Waals surface area contributed by atoms with E-state index in [-0.39, 0.29) is 12.1 Å². The van der Waals surface area contributed by atoms with Gasteiger partial charge in [0.25, 0.3) is 0 Å². The quantitative estimate of drug-likeness (QED) is 0.736. The van der Waals surface area contributed by atoms with E-state index in [4.69, 9.17) is 10.00 Å². The van der Waals surface area contributed by atoms with Crippen LogP contribution in [0.15, 0.2) is 0 Å². The van der Waals surface area contributed by atoms with Crippen molar-refractivity contribution in [3.8, 4) is 6.07 Å². The van der Waals surface area contributed by atoms with Gasteiger partial charge in [0.1, 0.15) is 0 Å². The molecular weight excluding hydrogens is 214 g/mol. The molecule has 2 saturated heterocycles. The topological polar surface area (TPSA) is 39.5 Å². The molecule has 0 amide bonds. The molecule has 4 nitrogen and oxygen atoms in total. The van der Waals surface area contributed by atoms with Gasteiger partial charge in [0.15, 0.2) is 0 Å². The largest absolute Gasteiger partial charge is 0.374 e. The normalized spacial score (nSPS) is 32.2. The zero-order chi connectivity index (χ0) is 12.1. The molecule has 2 fully saturated rings. The van der Waals surface area contributed by atoms with Crippen LogP contribution in [-0.4, -0.2) is 61.3 Å². The smallest absolute Gasteiger partial charge is 0.0978 e. The number of hydrogen-bond acceptors (Lipinski definition) is 4. The Labute approximate surface area is 104 Å². The van der Waals surface area contributed by atoms with Crippen molar-refractivity contribution in [2.45, 2.75) is 38.3 Å². The summed E-state index contributed by atoms with van der Waals surface area (Å²) in [6.45, 7) is 8.19. The van der Waals surface area contributed by atoms with Gasteiger partial charge in [-0.05, 0) is 32.4 Å². The van der Waals surface area contributed by atoms with Gasteiger partial charge < -0.3 is 4.74 Å². The number of nitrogens with zero attached hydrogens (tertiary/aromatic N) is 3. The standard InChI is InChI=1S/C13H23N3O/c1-2-15-7-8-17-13(10-15)11-16-6-4-3-5-12(16)9-14/h12-13H,2-8,10-11H2,1H3. The Balaban J connectivity index is 1.84. The van der Waals surface area contributed by atoms with Gasteiger partial charge in [0.2, 0.25) is 0 Å². The predicted octanol–water partition coefficient (Wildman–Crippen LogP) is 1.09. The van der Waals surface area contributed by atoms with Gasteiger partial charge in [-0.1, -0.05) is 6.92 Å². The fraction of sp³-hybridized carbons (Fsp3) is 0.923. The van der Waals surface area contributed by atoms with Gasteiger partial charge in [-0.3, -0.25) is 9.80 Å². The Hall–Kier alpha value is -0.630. The molecule has 0 aromatic rings. The van der Waals surface area contributed by atoms with E-state index in [0.717, 1.165) is 45.8 Å². The van der Waals surface area contributed by atoms with Crippen LogP contribution in [0.4, 0.5) is 0 Å². The Bertz CT molecular complexity index is 276. The lowest BCUT2D eigenvalue weighted by atomic mass is 10.0. The average molecular weight is 237 g/mol. The SMILES string of the molecule is CCN1CCOC(CN2CCCCC2C#N)C1. The molecule has 2 aliphatic rings. The summed E-state index contributed by atoms with van der Waals surface area (Å²) in [5.41, 5.74) is 0. The number of morpholine rings is 1. The number of likely N-dealkylation sites (tertiary alicyclic amines) is 1. The Morgan fingerprint density at radius 1 is 1.35 bits per heavy atom. The molecular formula is C13H23N3O. The summed E-state index contributed by atoms with van der Waals surface area (Å²) >= 11 is 0. The zero-order valence-electron chi connectivity index (χ0n) is 10.8. The molecule has 17 heavy (non-hydrogen) atoms. The Morgan fingerprint density at radius 2 is 2.24 bits per heavy atom. The van der Waals surface area contributed by atoms with Crippen LogP contribution in [0.25, 0.3) is 0 Å². The van der Waals surface area contributed by atoms with Gasteiger partial charge >= 0.3 is 0 Å². The minimum absolute atomic E-state index is 0.115. The monoisotopic (exact) mass is 237 g/mol. The van der Waals surface area contributed by atoms with Gasteiger partial charge in [0.05, 0.1) is 24.8 Å². The molecule has 0 saturated carbocycles. The van der Waals surface area contributed by atoms with Gasteiger partial charge in [-0.25, -0.2) is 0 Å². The fourth-order valence-corrected chi connectivity index (χ4v) is 2.80. The predicted molar refractivity (Wildman–Crippen MR) is 66.7 cm³/mol. The molecule has 96 valence electrons. The number of piperidine rings is 1. The van der Waals surface area contributed by atoms with Gasteiger partial charge in [-0.2, -0.15) is 5.26 Å². The summed E-state index contributed by atoms with van der Waals surface area (Å²) in [5.74, 6) is 0. The first-order valence-corrected chi connectivity index (χ1v) is 6.81. The first-order chi connectivity index (χ1) is 8.33. The minimum atomic E-state index is 0.115. The van der Waals surface area contributed by atoms with Crippen molar-refractivity contribution in [2.75, 3.05) is 39.3 Å². The highest BCUT2D eigenvalue weighted by molar-refractivity contribution is 4.95. The van der Waals surface area contributed by atoms with Crippen molar-refractivity contribution in [2.24, 2.45) is 0 Å². The average Bonchev–Trinajstić information content (AvgIpc) is 2.39. The first-order valence-electron chi connectivity index (χ1n) is 6.81. The van der Waals surface area contributed by atoms with Crippen molar-refractivity contribution in [3.63, 3.8) is 0 Å². The van der Waals surface area contributed by atoms with Crippen LogP contribution in [0.5, 0.6) is 0 Å². The van der Waals surface area contributed by atoms with Crippen molar-refractivity contribution in [1.82, 2.24) is 9.80 Å². The third-order valence-corrected chi connectivity index (χ3v) is 3.87. The molecule has 2 atom stereocenters. The molecule has 0 radical (unpaired) electrons. The third kappa shape index (κ3) is 3.41. The van der Waals surface area contributed by atoms with E-state index in [2.05, 4.69) is 22.8 Å². The molecule has 0 aliphatic carbocycles. The summed E-state index contributed by atoms with van der Waals surface area (Å²) in [4.78, 5) is 4.74. The van der Waals surface area contributed by atoms with E-state index < -0.39 is 0 Å². The molecule has 0 aromatic heterocycles. The Morgan fingerprint density at radius 3 is 3.00 bits per heavy atom. The summed E-state index contributed by atoms with van der Waals surface area (Å²) in [6.07, 6.45) is 3.74. The summed E-state index contributed by atoms with van der Waals surface area (Å²) in [7, 11) is 0. The molecule has 2 heterocycles. The van der Waals surface area contributed by atoms with E-state index in [1.807, 2.05) is 0 Å². The third-order valence-electron chi connectivity index (χ3n) is 3.87. The lowest BCUT2D eigenvalue weighted by Gasteiger charge is -2.38. The van der Waals surface area contributed by atoms with E-state index in [1.165, 1.54) is 12.8 Å². The van der Waals surface area contributed by atoms with Crippen LogP contribution in [0.1, 0.15) is 26.2 Å². The second-order valence-electron chi connectivity index (χ2n) is 5.02. The lowest BCUT2D eigenvalue weighted by molar-refractivity contribution is -0.0473. The molecule has 4 heteroatoms. The molecule has 0 aromatic carbocycles. The number of ether oxygens (including phenoxy) is 1. The van der Waals surface area contributed by atoms with Crippen LogP contribution >= 0.6 is 0 Å². The highest BCUT2D eigenvalue weighted by Crippen LogP contribution is 2.18. The van der Waals surface area contributed by atoms with Crippen LogP contribution in [0.3, 0.4) is 0 Å². The molecule has 2 rings (SSSR count). The summed E-state index contributed by atoms with van der Waals surface area (Å²) in [5, 5.41) is 9.15. The molecule has 0 spiro atoms. The lowest BCUT2D eigenvalue weighted by Crippen LogP contribution is -2.50. The number of rotatable bonds is 3. The highest BCUT2D eigenvalue weighted by atomic mass is 16.5.